The number of amides is 1. The van der Waals surface area contributed by atoms with Gasteiger partial charge in [0, 0.05) is 13.1 Å². The topological polar surface area (TPSA) is 150 Å². The van der Waals surface area contributed by atoms with Crippen LogP contribution in [0, 0.1) is 11.3 Å². The van der Waals surface area contributed by atoms with E-state index in [9.17, 15) is 18.3 Å². The molecule has 0 bridgehead atoms. The molecule has 2 saturated heterocycles. The van der Waals surface area contributed by atoms with Gasteiger partial charge in [-0.3, -0.25) is 0 Å². The van der Waals surface area contributed by atoms with E-state index < -0.39 is 39.8 Å². The van der Waals surface area contributed by atoms with Gasteiger partial charge in [-0.25, -0.2) is 13.2 Å². The number of hydrogen-bond donors (Lipinski definition) is 3. The van der Waals surface area contributed by atoms with E-state index in [1.807, 2.05) is 44.2 Å². The smallest absolute Gasteiger partial charge is 0.407 e. The van der Waals surface area contributed by atoms with E-state index in [0.29, 0.717) is 25.3 Å². The summed E-state index contributed by atoms with van der Waals surface area (Å²) in [5.74, 6) is 0.492. The highest BCUT2D eigenvalue weighted by Gasteiger charge is 2.44. The van der Waals surface area contributed by atoms with Gasteiger partial charge < -0.3 is 35.1 Å². The van der Waals surface area contributed by atoms with Gasteiger partial charge in [0.25, 0.3) is 0 Å². The third kappa shape index (κ3) is 8.90. The van der Waals surface area contributed by atoms with Crippen molar-refractivity contribution in [3.05, 3.63) is 60.2 Å². The van der Waals surface area contributed by atoms with Crippen molar-refractivity contribution in [1.29, 1.82) is 0 Å². The predicted octanol–water partition coefficient (Wildman–Crippen LogP) is 2.91. The van der Waals surface area contributed by atoms with E-state index >= 15 is 0 Å². The minimum atomic E-state index is -4.03. The number of alkyl carbamates (subject to hydrolysis) is 1. The van der Waals surface area contributed by atoms with Gasteiger partial charge in [0.1, 0.15) is 11.9 Å². The Hall–Kier alpha value is -2.74. The number of nitrogens with two attached hydrogens (primary N) is 1. The lowest BCUT2D eigenvalue weighted by Gasteiger charge is -2.35. The molecule has 0 unspecified atom stereocenters. The molecule has 2 aromatic rings. The van der Waals surface area contributed by atoms with E-state index in [1.54, 1.807) is 12.1 Å². The maximum absolute atomic E-state index is 14.0. The minimum absolute atomic E-state index is 0.0378. The summed E-state index contributed by atoms with van der Waals surface area (Å²) >= 11 is 0. The van der Waals surface area contributed by atoms with E-state index in [-0.39, 0.29) is 43.2 Å². The number of ether oxygens (including phenoxy) is 4. The van der Waals surface area contributed by atoms with Crippen LogP contribution >= 0.6 is 0 Å². The summed E-state index contributed by atoms with van der Waals surface area (Å²) in [5.41, 5.74) is 6.19. The first-order chi connectivity index (χ1) is 20.5. The van der Waals surface area contributed by atoms with E-state index in [0.717, 1.165) is 18.4 Å². The lowest BCUT2D eigenvalue weighted by molar-refractivity contribution is -0.0907. The number of methoxy groups -OCH3 is 1. The fourth-order valence-corrected chi connectivity index (χ4v) is 7.29. The Kier molecular flexibility index (Phi) is 11.4. The normalized spacial score (nSPS) is 21.8. The summed E-state index contributed by atoms with van der Waals surface area (Å²) in [4.78, 5) is 13.2. The molecule has 0 saturated carbocycles. The van der Waals surface area contributed by atoms with Gasteiger partial charge in [0.2, 0.25) is 10.0 Å². The Labute approximate surface area is 254 Å². The number of aliphatic hydroxyl groups is 1. The fraction of sp³-hybridized carbons (Fsp3) is 0.581. The maximum Gasteiger partial charge on any atom is 0.407 e. The standard InChI is InChI=1S/C31H45N3O8S/c1-31(2,15-7-16-32)21-34(43(37,38)24-12-10-23(39-3)11-13-24)19-27(35)26(18-22-8-5-4-6-9-22)33-30(36)42-28-20-41-29-25(28)14-17-40-29/h4-6,8-13,25-29,35H,7,14-21,32H2,1-3H3,(H,33,36)/t25-,26-,27+,28-,29+/m0/s1. The molecule has 0 radical (unpaired) electrons. The third-order valence-electron chi connectivity index (χ3n) is 8.06. The van der Waals surface area contributed by atoms with Crippen LogP contribution in [0.15, 0.2) is 59.5 Å². The van der Waals surface area contributed by atoms with Crippen LogP contribution in [0.1, 0.15) is 38.7 Å². The largest absolute Gasteiger partial charge is 0.497 e. The van der Waals surface area contributed by atoms with Gasteiger partial charge >= 0.3 is 6.09 Å². The number of nitrogens with one attached hydrogen (secondary N) is 1. The first kappa shape index (κ1) is 33.2. The Bertz CT molecular complexity index is 1280. The quantitative estimate of drug-likeness (QED) is 0.274. The van der Waals surface area contributed by atoms with Crippen molar-refractivity contribution in [2.45, 2.75) is 69.0 Å². The molecule has 2 aromatic carbocycles. The Balaban J connectivity index is 1.56. The molecule has 0 spiro atoms. The molecule has 4 N–H and O–H groups in total. The molecule has 2 fully saturated rings. The number of nitrogens with zero attached hydrogens (tertiary/aromatic N) is 1. The number of rotatable bonds is 15. The maximum atomic E-state index is 14.0. The van der Waals surface area contributed by atoms with Crippen molar-refractivity contribution in [2.24, 2.45) is 17.1 Å². The van der Waals surface area contributed by atoms with Crippen molar-refractivity contribution < 1.29 is 37.3 Å². The van der Waals surface area contributed by atoms with E-state index in [4.69, 9.17) is 24.7 Å². The molecule has 0 aliphatic carbocycles. The lowest BCUT2D eigenvalue weighted by atomic mass is 9.87. The molecule has 0 aromatic heterocycles. The van der Waals surface area contributed by atoms with Crippen molar-refractivity contribution in [2.75, 3.05) is 40.0 Å². The highest BCUT2D eigenvalue weighted by atomic mass is 32.2. The van der Waals surface area contributed by atoms with Gasteiger partial charge in [-0.15, -0.1) is 0 Å². The summed E-state index contributed by atoms with van der Waals surface area (Å²) in [6.07, 6.45) is -0.366. The number of carbonyl (C=O) groups is 1. The van der Waals surface area contributed by atoms with Gasteiger partial charge in [-0.05, 0) is 67.5 Å². The van der Waals surface area contributed by atoms with E-state index in [2.05, 4.69) is 5.32 Å². The molecular formula is C31H45N3O8S. The molecule has 2 heterocycles. The molecule has 5 atom stereocenters. The van der Waals surface area contributed by atoms with Crippen LogP contribution < -0.4 is 15.8 Å². The van der Waals surface area contributed by atoms with Crippen LogP contribution in [0.25, 0.3) is 0 Å². The van der Waals surface area contributed by atoms with Crippen LogP contribution in [0.4, 0.5) is 4.79 Å². The van der Waals surface area contributed by atoms with E-state index in [1.165, 1.54) is 23.5 Å². The summed E-state index contributed by atoms with van der Waals surface area (Å²) in [6, 6.07) is 14.7. The molecule has 12 heteroatoms. The third-order valence-corrected chi connectivity index (χ3v) is 9.89. The van der Waals surface area contributed by atoms with Crippen LogP contribution in [0.2, 0.25) is 0 Å². The number of hydrogen-bond acceptors (Lipinski definition) is 9. The van der Waals surface area contributed by atoms with Gasteiger partial charge in [-0.2, -0.15) is 4.31 Å². The van der Waals surface area contributed by atoms with Gasteiger partial charge in [0.05, 0.1) is 43.3 Å². The molecule has 2 aliphatic rings. The van der Waals surface area contributed by atoms with Crippen LogP contribution in [-0.4, -0.2) is 88.4 Å². The van der Waals surface area contributed by atoms with Gasteiger partial charge in [0.15, 0.2) is 6.29 Å². The SMILES string of the molecule is COc1ccc(S(=O)(=O)N(C[C@@H](O)[C@H](Cc2ccccc2)NC(=O)O[C@H]2CO[C@H]3OCC[C@H]32)CC(C)(C)CCCN)cc1. The van der Waals surface area contributed by atoms with Gasteiger partial charge in [-0.1, -0.05) is 44.2 Å². The molecule has 11 nitrogen and oxygen atoms in total. The highest BCUT2D eigenvalue weighted by molar-refractivity contribution is 7.89. The number of sulfonamides is 1. The second kappa shape index (κ2) is 14.8. The first-order valence-electron chi connectivity index (χ1n) is 14.8. The van der Waals surface area contributed by atoms with Crippen LogP contribution in [0.5, 0.6) is 5.75 Å². The zero-order valence-corrected chi connectivity index (χ0v) is 26.0. The molecule has 238 valence electrons. The fourth-order valence-electron chi connectivity index (χ4n) is 5.64. The monoisotopic (exact) mass is 619 g/mol. The van der Waals surface area contributed by atoms with Crippen LogP contribution in [-0.2, 0) is 30.7 Å². The molecule has 4 rings (SSSR count). The lowest BCUT2D eigenvalue weighted by Crippen LogP contribution is -2.52. The molecule has 1 amide bonds. The highest BCUT2D eigenvalue weighted by Crippen LogP contribution is 2.33. The number of carbonyl (C=O) groups excluding carboxylic acids is 1. The molecular weight excluding hydrogens is 574 g/mol. The number of fused-ring (bicyclic) bond motifs is 1. The van der Waals surface area contributed by atoms with Crippen molar-refractivity contribution >= 4 is 16.1 Å². The van der Waals surface area contributed by atoms with Crippen molar-refractivity contribution in [1.82, 2.24) is 9.62 Å². The Morgan fingerprint density at radius 3 is 2.56 bits per heavy atom. The number of benzene rings is 2. The van der Waals surface area contributed by atoms with Crippen molar-refractivity contribution in [3.63, 3.8) is 0 Å². The number of aliphatic hydroxyl groups excluding tert-OH is 1. The minimum Gasteiger partial charge on any atom is -0.497 e. The Morgan fingerprint density at radius 1 is 1.16 bits per heavy atom. The second-order valence-corrected chi connectivity index (χ2v) is 13.9. The molecule has 43 heavy (non-hydrogen) atoms. The Morgan fingerprint density at radius 2 is 1.88 bits per heavy atom. The zero-order chi connectivity index (χ0) is 31.0. The second-order valence-electron chi connectivity index (χ2n) is 12.0. The summed E-state index contributed by atoms with van der Waals surface area (Å²) in [5, 5.41) is 14.4. The zero-order valence-electron chi connectivity index (χ0n) is 25.2. The molecule has 2 aliphatic heterocycles. The summed E-state index contributed by atoms with van der Waals surface area (Å²) in [6.45, 7) is 5.13. The average Bonchev–Trinajstić information content (AvgIpc) is 3.61. The van der Waals surface area contributed by atoms with Crippen molar-refractivity contribution in [3.8, 4) is 5.75 Å². The summed E-state index contributed by atoms with van der Waals surface area (Å²) in [7, 11) is -2.52. The average molecular weight is 620 g/mol. The van der Waals surface area contributed by atoms with Crippen LogP contribution in [0.3, 0.4) is 0 Å². The predicted molar refractivity (Wildman–Crippen MR) is 161 cm³/mol. The summed E-state index contributed by atoms with van der Waals surface area (Å²) < 4.78 is 51.3. The first-order valence-corrected chi connectivity index (χ1v) is 16.2.